The Kier molecular flexibility index (Phi) is 6.53. The van der Waals surface area contributed by atoms with Gasteiger partial charge in [-0.15, -0.1) is 0 Å². The van der Waals surface area contributed by atoms with Gasteiger partial charge in [-0.3, -0.25) is 0 Å². The molecule has 0 spiro atoms. The number of aromatic nitrogens is 1. The van der Waals surface area contributed by atoms with Crippen LogP contribution in [0.4, 0.5) is 17.1 Å². The normalized spacial score (nSPS) is 12.1. The topological polar surface area (TPSA) is 7.65 Å². The largest absolute Gasteiger partial charge is 0.311 e. The molecule has 0 atom stereocenters. The first-order chi connectivity index (χ1) is 23.4. The lowest BCUT2D eigenvalue weighted by atomic mass is 10.0. The molecule has 230 valence electrons. The van der Waals surface area contributed by atoms with Crippen molar-refractivity contribution in [1.29, 1.82) is 0 Å². The molecule has 0 aliphatic carbocycles. The molecule has 2 nitrogen and oxygen atoms in total. The third-order valence-corrected chi connectivity index (χ3v) is 12.0. The average Bonchev–Trinajstić information content (AvgIpc) is 3.65. The molecule has 0 fully saturated rings. The summed E-state index contributed by atoms with van der Waals surface area (Å²) >= 11 is 0. The van der Waals surface area contributed by atoms with E-state index >= 15 is 0 Å². The molecule has 48 heavy (non-hydrogen) atoms. The van der Waals surface area contributed by atoms with Crippen LogP contribution in [0.5, 0.6) is 0 Å². The van der Waals surface area contributed by atoms with Gasteiger partial charge in [0.1, 0.15) is 0 Å². The molecule has 0 saturated heterocycles. The molecule has 0 saturated carbocycles. The van der Waals surface area contributed by atoms with Crippen LogP contribution in [0.25, 0.3) is 60.3 Å². The third kappa shape index (κ3) is 4.62. The van der Waals surface area contributed by atoms with E-state index in [4.69, 9.17) is 0 Å². The molecule has 9 aromatic rings. The smallest absolute Gasteiger partial charge is 0.0775 e. The van der Waals surface area contributed by atoms with Crippen molar-refractivity contribution in [3.63, 3.8) is 0 Å². The number of hydrogen-bond donors (Lipinski definition) is 0. The number of benzene rings is 7. The van der Waals surface area contributed by atoms with Crippen molar-refractivity contribution in [3.8, 4) is 22.3 Å². The first kappa shape index (κ1) is 28.6. The summed E-state index contributed by atoms with van der Waals surface area (Å²) in [5.74, 6) is 0. The van der Waals surface area contributed by atoms with Gasteiger partial charge < -0.3 is 9.30 Å². The Bertz CT molecular complexity index is 2560. The van der Waals surface area contributed by atoms with Gasteiger partial charge in [-0.25, -0.2) is 0 Å². The van der Waals surface area contributed by atoms with Crippen LogP contribution >= 0.6 is 0 Å². The number of fused-ring (bicyclic) bond motifs is 6. The van der Waals surface area contributed by atoms with E-state index < -0.39 is 8.07 Å². The van der Waals surface area contributed by atoms with Crippen LogP contribution in [0.2, 0.25) is 19.6 Å². The summed E-state index contributed by atoms with van der Waals surface area (Å²) in [4.78, 5) is 2.37. The lowest BCUT2D eigenvalue weighted by Crippen LogP contribution is -2.37. The minimum absolute atomic E-state index is 1.14. The lowest BCUT2D eigenvalue weighted by Gasteiger charge is -2.27. The predicted molar refractivity (Wildman–Crippen MR) is 210 cm³/mol. The van der Waals surface area contributed by atoms with Gasteiger partial charge in [0.05, 0.1) is 24.6 Å². The van der Waals surface area contributed by atoms with Crippen LogP contribution in [0, 0.1) is 0 Å². The molecule has 0 bridgehead atoms. The molecule has 7 aromatic carbocycles. The van der Waals surface area contributed by atoms with Crippen LogP contribution < -0.4 is 10.1 Å². The highest BCUT2D eigenvalue weighted by Crippen LogP contribution is 2.41. The Labute approximate surface area is 282 Å². The molecule has 0 amide bonds. The quantitative estimate of drug-likeness (QED) is 0.166. The summed E-state index contributed by atoms with van der Waals surface area (Å²) < 4.78 is 2.46. The standard InChI is InChI=1S/C45H36N2Si/c1-48(2,3)38-27-25-37(26-28-38)46(35-21-16-32(17-22-35)31-10-5-4-6-11-31)36-23-18-33(19-24-36)34-20-29-40-42-14-9-13-41-39-12-7-8-15-43(39)47(45(41)42)44(40)30-34/h4-30H,1-3H3. The Morgan fingerprint density at radius 3 is 1.50 bits per heavy atom. The second-order valence-corrected chi connectivity index (χ2v) is 19.0. The zero-order chi connectivity index (χ0) is 32.4. The summed E-state index contributed by atoms with van der Waals surface area (Å²) in [6, 6.07) is 60.2. The van der Waals surface area contributed by atoms with Crippen LogP contribution in [-0.4, -0.2) is 12.5 Å². The van der Waals surface area contributed by atoms with Crippen LogP contribution in [0.15, 0.2) is 164 Å². The molecular weight excluding hydrogens is 597 g/mol. The van der Waals surface area contributed by atoms with Crippen molar-refractivity contribution < 1.29 is 0 Å². The SMILES string of the molecule is C[Si](C)(C)c1ccc(N(c2ccc(-c3ccccc3)cc2)c2ccc(-c3ccc4c5cccc6c7ccccc7n(c4c3)c65)cc2)cc1. The fraction of sp³-hybridized carbons (Fsp3) is 0.0667. The second-order valence-electron chi connectivity index (χ2n) is 13.9. The van der Waals surface area contributed by atoms with Gasteiger partial charge in [-0.05, 0) is 70.8 Å². The van der Waals surface area contributed by atoms with Gasteiger partial charge >= 0.3 is 0 Å². The van der Waals surface area contributed by atoms with Crippen molar-refractivity contribution in [3.05, 3.63) is 164 Å². The number of rotatable bonds is 6. The Hall–Kier alpha value is -5.64. The van der Waals surface area contributed by atoms with Gasteiger partial charge in [0.25, 0.3) is 0 Å². The van der Waals surface area contributed by atoms with E-state index in [2.05, 4.69) is 193 Å². The highest BCUT2D eigenvalue weighted by atomic mass is 28.3. The fourth-order valence-corrected chi connectivity index (χ4v) is 8.57. The molecule has 0 unspecified atom stereocenters. The number of nitrogens with zero attached hydrogens (tertiary/aromatic N) is 2. The molecule has 0 aliphatic heterocycles. The number of hydrogen-bond acceptors (Lipinski definition) is 1. The summed E-state index contributed by atoms with van der Waals surface area (Å²) in [5.41, 5.74) is 12.1. The summed E-state index contributed by atoms with van der Waals surface area (Å²) in [6.07, 6.45) is 0. The van der Waals surface area contributed by atoms with Crippen LogP contribution in [0.3, 0.4) is 0 Å². The number of anilines is 3. The molecule has 3 heteroatoms. The van der Waals surface area contributed by atoms with E-state index in [1.807, 2.05) is 0 Å². The molecule has 0 radical (unpaired) electrons. The van der Waals surface area contributed by atoms with Crippen LogP contribution in [-0.2, 0) is 0 Å². The maximum Gasteiger partial charge on any atom is 0.0775 e. The van der Waals surface area contributed by atoms with Crippen molar-refractivity contribution >= 4 is 68.4 Å². The zero-order valence-corrected chi connectivity index (χ0v) is 28.5. The molecule has 9 rings (SSSR count). The Balaban J connectivity index is 1.13. The summed E-state index contributed by atoms with van der Waals surface area (Å²) in [5, 5.41) is 6.71. The minimum Gasteiger partial charge on any atom is -0.311 e. The van der Waals surface area contributed by atoms with Crippen molar-refractivity contribution in [2.45, 2.75) is 19.6 Å². The van der Waals surface area contributed by atoms with Gasteiger partial charge in [0.2, 0.25) is 0 Å². The predicted octanol–water partition coefficient (Wildman–Crippen LogP) is 12.2. The van der Waals surface area contributed by atoms with Crippen LogP contribution in [0.1, 0.15) is 0 Å². The first-order valence-corrected chi connectivity index (χ1v) is 20.3. The second kappa shape index (κ2) is 11.0. The van der Waals surface area contributed by atoms with E-state index in [-0.39, 0.29) is 0 Å². The maximum absolute atomic E-state index is 2.46. The lowest BCUT2D eigenvalue weighted by molar-refractivity contribution is 1.28. The van der Waals surface area contributed by atoms with Gasteiger partial charge in [-0.1, -0.05) is 140 Å². The third-order valence-electron chi connectivity index (χ3n) is 9.91. The molecular formula is C45H36N2Si. The Morgan fingerprint density at radius 1 is 0.396 bits per heavy atom. The van der Waals surface area contributed by atoms with Crippen molar-refractivity contribution in [2.75, 3.05) is 4.90 Å². The monoisotopic (exact) mass is 632 g/mol. The van der Waals surface area contributed by atoms with E-state index in [9.17, 15) is 0 Å². The highest BCUT2D eigenvalue weighted by Gasteiger charge is 2.20. The summed E-state index contributed by atoms with van der Waals surface area (Å²) in [7, 11) is -1.41. The zero-order valence-electron chi connectivity index (χ0n) is 27.5. The average molecular weight is 633 g/mol. The van der Waals surface area contributed by atoms with Crippen molar-refractivity contribution in [2.24, 2.45) is 0 Å². The molecule has 2 aromatic heterocycles. The van der Waals surface area contributed by atoms with Gasteiger partial charge in [0.15, 0.2) is 0 Å². The summed E-state index contributed by atoms with van der Waals surface area (Å²) in [6.45, 7) is 7.21. The first-order valence-electron chi connectivity index (χ1n) is 16.8. The van der Waals surface area contributed by atoms with Gasteiger partial charge in [0, 0.05) is 38.6 Å². The molecule has 0 aliphatic rings. The maximum atomic E-state index is 2.46. The highest BCUT2D eigenvalue weighted by molar-refractivity contribution is 6.88. The van der Waals surface area contributed by atoms with E-state index in [1.54, 1.807) is 0 Å². The Morgan fingerprint density at radius 2 is 0.875 bits per heavy atom. The molecule has 0 N–H and O–H groups in total. The minimum atomic E-state index is -1.41. The molecule has 2 heterocycles. The fourth-order valence-electron chi connectivity index (χ4n) is 7.40. The van der Waals surface area contributed by atoms with E-state index in [0.29, 0.717) is 0 Å². The van der Waals surface area contributed by atoms with Crippen molar-refractivity contribution in [1.82, 2.24) is 4.40 Å². The van der Waals surface area contributed by atoms with Gasteiger partial charge in [-0.2, -0.15) is 0 Å². The van der Waals surface area contributed by atoms with E-state index in [0.717, 1.165) is 17.1 Å². The number of para-hydroxylation sites is 2. The van der Waals surface area contributed by atoms with E-state index in [1.165, 1.54) is 65.5 Å².